The minimum absolute atomic E-state index is 0.104. The van der Waals surface area contributed by atoms with Crippen LogP contribution in [0, 0.1) is 0 Å². The summed E-state index contributed by atoms with van der Waals surface area (Å²) in [7, 11) is 0. The van der Waals surface area contributed by atoms with Gasteiger partial charge in [0.2, 0.25) is 5.91 Å². The molecular weight excluding hydrogens is 224 g/mol. The van der Waals surface area contributed by atoms with E-state index >= 15 is 0 Å². The molecule has 2 rings (SSSR count). The molecular formula is C15H22N2O. The smallest absolute Gasteiger partial charge is 0.239 e. The van der Waals surface area contributed by atoms with E-state index < -0.39 is 6.04 Å². The summed E-state index contributed by atoms with van der Waals surface area (Å²) in [6.07, 6.45) is 3.91. The summed E-state index contributed by atoms with van der Waals surface area (Å²) in [6, 6.07) is 7.99. The fourth-order valence-corrected chi connectivity index (χ4v) is 2.42. The summed E-state index contributed by atoms with van der Waals surface area (Å²) in [5, 5.41) is 0. The van der Waals surface area contributed by atoms with Crippen molar-refractivity contribution in [2.45, 2.75) is 38.6 Å². The standard InChI is InChI=1S/C15H22N2O/c1-2-12-5-7-13(8-6-12)11-14(16)15(18)17-9-3-4-10-17/h5-8,14H,2-4,9-11,16H2,1H3. The van der Waals surface area contributed by atoms with Crippen molar-refractivity contribution in [3.05, 3.63) is 35.4 Å². The highest BCUT2D eigenvalue weighted by atomic mass is 16.2. The maximum Gasteiger partial charge on any atom is 0.239 e. The third-order valence-electron chi connectivity index (χ3n) is 3.62. The minimum atomic E-state index is -0.393. The van der Waals surface area contributed by atoms with Crippen LogP contribution in [-0.4, -0.2) is 29.9 Å². The Morgan fingerprint density at radius 2 is 1.78 bits per heavy atom. The lowest BCUT2D eigenvalue weighted by atomic mass is 10.0. The number of amides is 1. The molecule has 1 heterocycles. The van der Waals surface area contributed by atoms with Crippen LogP contribution in [-0.2, 0) is 17.6 Å². The summed E-state index contributed by atoms with van der Waals surface area (Å²) in [6.45, 7) is 3.89. The van der Waals surface area contributed by atoms with Crippen molar-refractivity contribution in [1.29, 1.82) is 0 Å². The molecule has 0 saturated carbocycles. The van der Waals surface area contributed by atoms with Crippen LogP contribution in [0.25, 0.3) is 0 Å². The van der Waals surface area contributed by atoms with Crippen molar-refractivity contribution in [3.63, 3.8) is 0 Å². The Morgan fingerprint density at radius 3 is 2.33 bits per heavy atom. The van der Waals surface area contributed by atoms with E-state index in [0.717, 1.165) is 37.9 Å². The second-order valence-corrected chi connectivity index (χ2v) is 5.01. The Labute approximate surface area is 109 Å². The molecule has 0 aromatic heterocycles. The average Bonchev–Trinajstić information content (AvgIpc) is 2.92. The molecule has 2 N–H and O–H groups in total. The second kappa shape index (κ2) is 6.01. The Balaban J connectivity index is 1.92. The van der Waals surface area contributed by atoms with Crippen LogP contribution in [0.3, 0.4) is 0 Å². The zero-order valence-electron chi connectivity index (χ0n) is 11.1. The summed E-state index contributed by atoms with van der Waals surface area (Å²) < 4.78 is 0. The van der Waals surface area contributed by atoms with Crippen LogP contribution in [0.1, 0.15) is 30.9 Å². The van der Waals surface area contributed by atoms with E-state index in [0.29, 0.717) is 6.42 Å². The van der Waals surface area contributed by atoms with Crippen LogP contribution in [0.4, 0.5) is 0 Å². The predicted octanol–water partition coefficient (Wildman–Crippen LogP) is 1.74. The van der Waals surface area contributed by atoms with Crippen molar-refractivity contribution < 1.29 is 4.79 Å². The number of aryl methyl sites for hydroxylation is 1. The molecule has 1 aromatic rings. The number of nitrogens with zero attached hydrogens (tertiary/aromatic N) is 1. The molecule has 1 aliphatic rings. The van der Waals surface area contributed by atoms with Crippen molar-refractivity contribution >= 4 is 5.91 Å². The third-order valence-corrected chi connectivity index (χ3v) is 3.62. The molecule has 1 unspecified atom stereocenters. The van der Waals surface area contributed by atoms with E-state index in [9.17, 15) is 4.79 Å². The van der Waals surface area contributed by atoms with Crippen LogP contribution >= 0.6 is 0 Å². The number of benzene rings is 1. The Kier molecular flexibility index (Phi) is 4.37. The van der Waals surface area contributed by atoms with Crippen LogP contribution in [0.5, 0.6) is 0 Å². The molecule has 1 fully saturated rings. The van der Waals surface area contributed by atoms with Crippen molar-refractivity contribution in [2.24, 2.45) is 5.73 Å². The maximum absolute atomic E-state index is 12.1. The lowest BCUT2D eigenvalue weighted by Gasteiger charge is -2.20. The molecule has 1 amide bonds. The first-order valence-corrected chi connectivity index (χ1v) is 6.83. The van der Waals surface area contributed by atoms with Crippen LogP contribution < -0.4 is 5.73 Å². The minimum Gasteiger partial charge on any atom is -0.341 e. The first kappa shape index (κ1) is 13.1. The zero-order chi connectivity index (χ0) is 13.0. The van der Waals surface area contributed by atoms with Crippen molar-refractivity contribution in [3.8, 4) is 0 Å². The van der Waals surface area contributed by atoms with Gasteiger partial charge in [0, 0.05) is 13.1 Å². The number of likely N-dealkylation sites (tertiary alicyclic amines) is 1. The van der Waals surface area contributed by atoms with E-state index in [1.807, 2.05) is 4.90 Å². The maximum atomic E-state index is 12.1. The molecule has 3 nitrogen and oxygen atoms in total. The zero-order valence-corrected chi connectivity index (χ0v) is 11.1. The Bertz CT molecular complexity index is 393. The summed E-state index contributed by atoms with van der Waals surface area (Å²) in [5.74, 6) is 0.104. The number of carbonyl (C=O) groups is 1. The predicted molar refractivity (Wildman–Crippen MR) is 73.3 cm³/mol. The van der Waals surface area contributed by atoms with Crippen molar-refractivity contribution in [2.75, 3.05) is 13.1 Å². The molecule has 0 aliphatic carbocycles. The summed E-state index contributed by atoms with van der Waals surface area (Å²) >= 11 is 0. The largest absolute Gasteiger partial charge is 0.341 e. The number of hydrogen-bond acceptors (Lipinski definition) is 2. The first-order valence-electron chi connectivity index (χ1n) is 6.83. The van der Waals surface area contributed by atoms with Gasteiger partial charge in [-0.25, -0.2) is 0 Å². The van der Waals surface area contributed by atoms with Gasteiger partial charge in [-0.2, -0.15) is 0 Å². The third kappa shape index (κ3) is 3.10. The van der Waals surface area contributed by atoms with E-state index in [4.69, 9.17) is 5.73 Å². The van der Waals surface area contributed by atoms with Gasteiger partial charge in [-0.1, -0.05) is 31.2 Å². The fraction of sp³-hybridized carbons (Fsp3) is 0.533. The lowest BCUT2D eigenvalue weighted by Crippen LogP contribution is -2.43. The van der Waals surface area contributed by atoms with E-state index in [-0.39, 0.29) is 5.91 Å². The number of rotatable bonds is 4. The quantitative estimate of drug-likeness (QED) is 0.879. The molecule has 18 heavy (non-hydrogen) atoms. The molecule has 1 atom stereocenters. The Morgan fingerprint density at radius 1 is 1.22 bits per heavy atom. The molecule has 0 spiro atoms. The van der Waals surface area contributed by atoms with Crippen molar-refractivity contribution in [1.82, 2.24) is 4.90 Å². The average molecular weight is 246 g/mol. The molecule has 1 saturated heterocycles. The SMILES string of the molecule is CCc1ccc(CC(N)C(=O)N2CCCC2)cc1. The lowest BCUT2D eigenvalue weighted by molar-refractivity contribution is -0.131. The van der Waals surface area contributed by atoms with E-state index in [1.165, 1.54) is 5.56 Å². The highest BCUT2D eigenvalue weighted by Crippen LogP contribution is 2.12. The molecule has 0 bridgehead atoms. The first-order chi connectivity index (χ1) is 8.70. The molecule has 3 heteroatoms. The monoisotopic (exact) mass is 246 g/mol. The van der Waals surface area contributed by atoms with Gasteiger partial charge in [0.05, 0.1) is 6.04 Å². The molecule has 98 valence electrons. The highest BCUT2D eigenvalue weighted by molar-refractivity contribution is 5.82. The number of nitrogens with two attached hydrogens (primary N) is 1. The van der Waals surface area contributed by atoms with Gasteiger partial charge in [0.1, 0.15) is 0 Å². The number of hydrogen-bond donors (Lipinski definition) is 1. The van der Waals surface area contributed by atoms with Gasteiger partial charge in [-0.15, -0.1) is 0 Å². The van der Waals surface area contributed by atoms with Crippen LogP contribution in [0.2, 0.25) is 0 Å². The van der Waals surface area contributed by atoms with Gasteiger partial charge in [0.15, 0.2) is 0 Å². The van der Waals surface area contributed by atoms with Gasteiger partial charge >= 0.3 is 0 Å². The van der Waals surface area contributed by atoms with Gasteiger partial charge in [0.25, 0.3) is 0 Å². The molecule has 1 aromatic carbocycles. The normalized spacial score (nSPS) is 16.9. The molecule has 1 aliphatic heterocycles. The molecule has 0 radical (unpaired) electrons. The highest BCUT2D eigenvalue weighted by Gasteiger charge is 2.23. The van der Waals surface area contributed by atoms with Gasteiger partial charge in [-0.05, 0) is 36.8 Å². The van der Waals surface area contributed by atoms with Gasteiger partial charge < -0.3 is 10.6 Å². The topological polar surface area (TPSA) is 46.3 Å². The second-order valence-electron chi connectivity index (χ2n) is 5.01. The van der Waals surface area contributed by atoms with Crippen LogP contribution in [0.15, 0.2) is 24.3 Å². The summed E-state index contributed by atoms with van der Waals surface area (Å²) in [5.41, 5.74) is 8.47. The Hall–Kier alpha value is -1.35. The van der Waals surface area contributed by atoms with E-state index in [1.54, 1.807) is 0 Å². The number of carbonyl (C=O) groups excluding carboxylic acids is 1. The van der Waals surface area contributed by atoms with Gasteiger partial charge in [-0.3, -0.25) is 4.79 Å². The fourth-order valence-electron chi connectivity index (χ4n) is 2.42. The summed E-state index contributed by atoms with van der Waals surface area (Å²) in [4.78, 5) is 14.0. The van der Waals surface area contributed by atoms with E-state index in [2.05, 4.69) is 31.2 Å².